The summed E-state index contributed by atoms with van der Waals surface area (Å²) in [6.07, 6.45) is 6.08. The lowest BCUT2D eigenvalue weighted by molar-refractivity contribution is -0.118. The minimum Gasteiger partial charge on any atom is -0.348 e. The maximum absolute atomic E-state index is 12.2. The maximum atomic E-state index is 12.2. The molecule has 106 valence electrons. The molecule has 1 amide bonds. The summed E-state index contributed by atoms with van der Waals surface area (Å²) in [7, 11) is 0. The standard InChI is InChI=1S/C15H19N3OS/c1-10-5-3-4-6-14(10)18-15(19)12(8-16)7-13-9-20-11(2)17-13/h7,9-10,14H,3-6H2,1-2H3,(H,18,19)/b12-7+/t10-,14-/m1/s1. The molecule has 1 N–H and O–H groups in total. The first-order chi connectivity index (χ1) is 9.60. The van der Waals surface area contributed by atoms with Gasteiger partial charge in [0.15, 0.2) is 0 Å². The second-order valence-corrected chi connectivity index (χ2v) is 6.37. The molecule has 0 radical (unpaired) electrons. The van der Waals surface area contributed by atoms with Crippen LogP contribution in [-0.2, 0) is 4.79 Å². The zero-order valence-electron chi connectivity index (χ0n) is 11.8. The number of amides is 1. The molecule has 0 aromatic carbocycles. The van der Waals surface area contributed by atoms with Crippen LogP contribution in [0.15, 0.2) is 11.0 Å². The molecule has 1 aromatic heterocycles. The van der Waals surface area contributed by atoms with Crippen LogP contribution in [0.5, 0.6) is 0 Å². The summed E-state index contributed by atoms with van der Waals surface area (Å²) in [6.45, 7) is 4.06. The molecule has 0 bridgehead atoms. The molecule has 1 heterocycles. The first kappa shape index (κ1) is 14.7. The molecule has 4 nitrogen and oxygen atoms in total. The summed E-state index contributed by atoms with van der Waals surface area (Å²) < 4.78 is 0. The number of nitriles is 1. The molecular weight excluding hydrogens is 270 g/mol. The van der Waals surface area contributed by atoms with Crippen molar-refractivity contribution in [3.63, 3.8) is 0 Å². The second-order valence-electron chi connectivity index (χ2n) is 5.30. The topological polar surface area (TPSA) is 65.8 Å². The van der Waals surface area contributed by atoms with Crippen LogP contribution in [0.1, 0.15) is 43.3 Å². The Bertz CT molecular complexity index is 556. The summed E-state index contributed by atoms with van der Waals surface area (Å²) >= 11 is 1.51. The normalized spacial score (nSPS) is 23.1. The van der Waals surface area contributed by atoms with Gasteiger partial charge in [0.05, 0.1) is 10.7 Å². The van der Waals surface area contributed by atoms with Crippen molar-refractivity contribution in [1.29, 1.82) is 5.26 Å². The van der Waals surface area contributed by atoms with Crippen LogP contribution in [0.2, 0.25) is 0 Å². The van der Waals surface area contributed by atoms with Crippen molar-refractivity contribution < 1.29 is 4.79 Å². The van der Waals surface area contributed by atoms with E-state index in [-0.39, 0.29) is 17.5 Å². The van der Waals surface area contributed by atoms with Crippen molar-refractivity contribution >= 4 is 23.3 Å². The van der Waals surface area contributed by atoms with Gasteiger partial charge in [0.1, 0.15) is 11.6 Å². The number of aryl methyl sites for hydroxylation is 1. The number of rotatable bonds is 3. The number of nitrogens with zero attached hydrogens (tertiary/aromatic N) is 2. The first-order valence-corrected chi connectivity index (χ1v) is 7.83. The van der Waals surface area contributed by atoms with Crippen LogP contribution < -0.4 is 5.32 Å². The van der Waals surface area contributed by atoms with E-state index >= 15 is 0 Å². The van der Waals surface area contributed by atoms with Gasteiger partial charge >= 0.3 is 0 Å². The smallest absolute Gasteiger partial charge is 0.262 e. The molecule has 1 fully saturated rings. The zero-order valence-corrected chi connectivity index (χ0v) is 12.7. The summed E-state index contributed by atoms with van der Waals surface area (Å²) in [6, 6.07) is 2.16. The van der Waals surface area contributed by atoms with Gasteiger partial charge in [-0.3, -0.25) is 4.79 Å². The van der Waals surface area contributed by atoms with Crippen molar-refractivity contribution in [3.05, 3.63) is 21.7 Å². The predicted molar refractivity (Wildman–Crippen MR) is 80.0 cm³/mol. The van der Waals surface area contributed by atoms with E-state index in [1.54, 1.807) is 6.08 Å². The van der Waals surface area contributed by atoms with Crippen LogP contribution in [-0.4, -0.2) is 16.9 Å². The van der Waals surface area contributed by atoms with Crippen LogP contribution in [0, 0.1) is 24.2 Å². The number of aromatic nitrogens is 1. The van der Waals surface area contributed by atoms with Gasteiger partial charge in [-0.25, -0.2) is 4.98 Å². The lowest BCUT2D eigenvalue weighted by Gasteiger charge is -2.29. The molecule has 0 unspecified atom stereocenters. The highest BCUT2D eigenvalue weighted by atomic mass is 32.1. The van der Waals surface area contributed by atoms with Crippen molar-refractivity contribution in [3.8, 4) is 6.07 Å². The number of hydrogen-bond acceptors (Lipinski definition) is 4. The second kappa shape index (κ2) is 6.67. The van der Waals surface area contributed by atoms with E-state index in [1.165, 1.54) is 17.8 Å². The Kier molecular flexibility index (Phi) is 4.91. The molecule has 1 aliphatic rings. The molecule has 1 aliphatic carbocycles. The fourth-order valence-corrected chi connectivity index (χ4v) is 3.09. The maximum Gasteiger partial charge on any atom is 0.262 e. The van der Waals surface area contributed by atoms with E-state index in [0.717, 1.165) is 24.3 Å². The van der Waals surface area contributed by atoms with Crippen LogP contribution in [0.4, 0.5) is 0 Å². The molecule has 2 atom stereocenters. The molecule has 0 aliphatic heterocycles. The highest BCUT2D eigenvalue weighted by Gasteiger charge is 2.24. The number of carbonyl (C=O) groups excluding carboxylic acids is 1. The van der Waals surface area contributed by atoms with Crippen molar-refractivity contribution in [2.24, 2.45) is 5.92 Å². The zero-order chi connectivity index (χ0) is 14.5. The van der Waals surface area contributed by atoms with E-state index in [4.69, 9.17) is 5.26 Å². The minimum atomic E-state index is -0.281. The van der Waals surface area contributed by atoms with Crippen LogP contribution >= 0.6 is 11.3 Å². The number of thiazole rings is 1. The first-order valence-electron chi connectivity index (χ1n) is 6.95. The Morgan fingerprint density at radius 1 is 1.55 bits per heavy atom. The van der Waals surface area contributed by atoms with E-state index in [2.05, 4.69) is 17.2 Å². The fraction of sp³-hybridized carbons (Fsp3) is 0.533. The van der Waals surface area contributed by atoms with Gasteiger partial charge in [-0.2, -0.15) is 5.26 Å². The largest absolute Gasteiger partial charge is 0.348 e. The third-order valence-corrected chi connectivity index (χ3v) is 4.51. The molecule has 1 saturated carbocycles. The SMILES string of the molecule is Cc1nc(/C=C(\C#N)C(=O)N[C@@H]2CCCC[C@H]2C)cs1. The van der Waals surface area contributed by atoms with E-state index in [1.807, 2.05) is 18.4 Å². The Morgan fingerprint density at radius 2 is 2.30 bits per heavy atom. The third kappa shape index (κ3) is 3.67. The van der Waals surface area contributed by atoms with Crippen LogP contribution in [0.3, 0.4) is 0 Å². The van der Waals surface area contributed by atoms with Crippen molar-refractivity contribution in [1.82, 2.24) is 10.3 Å². The molecule has 0 saturated heterocycles. The lowest BCUT2D eigenvalue weighted by Crippen LogP contribution is -2.41. The van der Waals surface area contributed by atoms with E-state index in [0.29, 0.717) is 11.6 Å². The average Bonchev–Trinajstić information content (AvgIpc) is 2.84. The predicted octanol–water partition coefficient (Wildman–Crippen LogP) is 3.05. The highest BCUT2D eigenvalue weighted by Crippen LogP contribution is 2.24. The van der Waals surface area contributed by atoms with Crippen molar-refractivity contribution in [2.75, 3.05) is 0 Å². The van der Waals surface area contributed by atoms with Gasteiger partial charge in [-0.15, -0.1) is 11.3 Å². The fourth-order valence-electron chi connectivity index (χ4n) is 2.52. The minimum absolute atomic E-state index is 0.132. The highest BCUT2D eigenvalue weighted by molar-refractivity contribution is 7.09. The van der Waals surface area contributed by atoms with Gasteiger partial charge in [0, 0.05) is 11.4 Å². The average molecular weight is 289 g/mol. The molecule has 1 aromatic rings. The summed E-state index contributed by atoms with van der Waals surface area (Å²) in [5, 5.41) is 14.9. The molecule has 0 spiro atoms. The van der Waals surface area contributed by atoms with Gasteiger partial charge in [-0.1, -0.05) is 19.8 Å². The monoisotopic (exact) mass is 289 g/mol. The van der Waals surface area contributed by atoms with E-state index < -0.39 is 0 Å². The van der Waals surface area contributed by atoms with Gasteiger partial charge in [0.2, 0.25) is 0 Å². The van der Waals surface area contributed by atoms with Crippen LogP contribution in [0.25, 0.3) is 6.08 Å². The number of hydrogen-bond donors (Lipinski definition) is 1. The number of carbonyl (C=O) groups is 1. The molecule has 2 rings (SSSR count). The summed E-state index contributed by atoms with van der Waals surface area (Å²) in [4.78, 5) is 16.4. The van der Waals surface area contributed by atoms with Gasteiger partial charge in [0.25, 0.3) is 5.91 Å². The Labute approximate surface area is 123 Å². The van der Waals surface area contributed by atoms with Crippen molar-refractivity contribution in [2.45, 2.75) is 45.6 Å². The third-order valence-electron chi connectivity index (χ3n) is 3.72. The summed E-state index contributed by atoms with van der Waals surface area (Å²) in [5.74, 6) is 0.200. The number of nitrogens with one attached hydrogen (secondary N) is 1. The lowest BCUT2D eigenvalue weighted by atomic mass is 9.86. The molecule has 20 heavy (non-hydrogen) atoms. The van der Waals surface area contributed by atoms with Gasteiger partial charge in [-0.05, 0) is 31.8 Å². The molecule has 5 heteroatoms. The Balaban J connectivity index is 2.06. The Hall–Kier alpha value is -1.67. The summed E-state index contributed by atoms with van der Waals surface area (Å²) in [5.41, 5.74) is 0.809. The van der Waals surface area contributed by atoms with Gasteiger partial charge < -0.3 is 5.32 Å². The quantitative estimate of drug-likeness (QED) is 0.687. The van der Waals surface area contributed by atoms with E-state index in [9.17, 15) is 4.79 Å². The molecular formula is C15H19N3OS. The Morgan fingerprint density at radius 3 is 2.90 bits per heavy atom.